The molecule has 0 saturated heterocycles. The lowest BCUT2D eigenvalue weighted by atomic mass is 9.99. The first-order valence-corrected chi connectivity index (χ1v) is 10.3. The van der Waals surface area contributed by atoms with Crippen molar-refractivity contribution in [3.05, 3.63) is 0 Å². The van der Waals surface area contributed by atoms with E-state index < -0.39 is 66.1 Å². The fourth-order valence-electron chi connectivity index (χ4n) is 2.85. The number of aliphatic carboxylic acids is 1. The lowest BCUT2D eigenvalue weighted by Crippen LogP contribution is -2.59. The second-order valence-corrected chi connectivity index (χ2v) is 8.77. The maximum absolute atomic E-state index is 12.8. The van der Waals surface area contributed by atoms with Crippen LogP contribution in [0.3, 0.4) is 0 Å². The molecule has 0 aromatic carbocycles. The lowest BCUT2D eigenvalue weighted by Gasteiger charge is -2.27. The van der Waals surface area contributed by atoms with E-state index in [-0.39, 0.29) is 11.8 Å². The van der Waals surface area contributed by atoms with Gasteiger partial charge in [-0.15, -0.1) is 0 Å². The number of rotatable bonds is 13. The molecule has 0 aliphatic rings. The quantitative estimate of drug-likeness (QED) is 0.212. The van der Waals surface area contributed by atoms with Crippen LogP contribution < -0.4 is 27.4 Å². The number of carboxylic acids is 1. The number of carbonyl (C=O) groups excluding carboxylic acids is 4. The molecule has 11 heteroatoms. The van der Waals surface area contributed by atoms with E-state index in [0.717, 1.165) is 0 Å². The van der Waals surface area contributed by atoms with Crippen LogP contribution in [0, 0.1) is 17.8 Å². The largest absolute Gasteiger partial charge is 0.480 e. The molecule has 0 spiro atoms. The van der Waals surface area contributed by atoms with E-state index in [9.17, 15) is 29.1 Å². The molecule has 0 bridgehead atoms. The summed E-state index contributed by atoms with van der Waals surface area (Å²) < 4.78 is 0. The summed E-state index contributed by atoms with van der Waals surface area (Å²) in [6.07, 6.45) is -0.109. The zero-order chi connectivity index (χ0) is 24.5. The van der Waals surface area contributed by atoms with Gasteiger partial charge < -0.3 is 32.5 Å². The Hall–Kier alpha value is -2.69. The smallest absolute Gasteiger partial charge is 0.326 e. The summed E-state index contributed by atoms with van der Waals surface area (Å²) in [6.45, 7) is 10.4. The first-order valence-electron chi connectivity index (χ1n) is 10.3. The van der Waals surface area contributed by atoms with Gasteiger partial charge in [0.25, 0.3) is 0 Å². The molecule has 31 heavy (non-hydrogen) atoms. The highest BCUT2D eigenvalue weighted by Crippen LogP contribution is 2.08. The topological polar surface area (TPSA) is 194 Å². The molecule has 11 nitrogen and oxygen atoms in total. The van der Waals surface area contributed by atoms with Gasteiger partial charge in [-0.25, -0.2) is 4.79 Å². The molecule has 0 radical (unpaired) electrons. The van der Waals surface area contributed by atoms with Crippen LogP contribution >= 0.6 is 0 Å². The number of primary amides is 1. The molecular formula is C20H37N5O6. The molecule has 4 atom stereocenters. The highest BCUT2D eigenvalue weighted by Gasteiger charge is 2.33. The molecule has 0 aliphatic heterocycles. The molecule has 8 N–H and O–H groups in total. The van der Waals surface area contributed by atoms with E-state index in [2.05, 4.69) is 16.0 Å². The third-order valence-corrected chi connectivity index (χ3v) is 4.58. The van der Waals surface area contributed by atoms with Gasteiger partial charge in [-0.1, -0.05) is 41.5 Å². The van der Waals surface area contributed by atoms with Crippen molar-refractivity contribution in [3.8, 4) is 0 Å². The second-order valence-electron chi connectivity index (χ2n) is 8.77. The van der Waals surface area contributed by atoms with E-state index in [1.807, 2.05) is 13.8 Å². The summed E-state index contributed by atoms with van der Waals surface area (Å²) in [5.41, 5.74) is 11.0. The van der Waals surface area contributed by atoms with Gasteiger partial charge in [0.05, 0.1) is 12.5 Å². The van der Waals surface area contributed by atoms with Crippen molar-refractivity contribution in [2.24, 2.45) is 29.2 Å². The van der Waals surface area contributed by atoms with E-state index in [4.69, 9.17) is 11.5 Å². The van der Waals surface area contributed by atoms with Crippen LogP contribution in [0.15, 0.2) is 0 Å². The van der Waals surface area contributed by atoms with Crippen LogP contribution in [0.2, 0.25) is 0 Å². The first-order chi connectivity index (χ1) is 14.2. The average Bonchev–Trinajstić information content (AvgIpc) is 2.61. The molecule has 0 heterocycles. The minimum absolute atomic E-state index is 0.140. The van der Waals surface area contributed by atoms with Crippen molar-refractivity contribution in [2.45, 2.75) is 78.6 Å². The minimum Gasteiger partial charge on any atom is -0.480 e. The monoisotopic (exact) mass is 443 g/mol. The number of nitrogens with two attached hydrogens (primary N) is 2. The Morgan fingerprint density at radius 2 is 1.26 bits per heavy atom. The number of carbonyl (C=O) groups is 5. The zero-order valence-electron chi connectivity index (χ0n) is 19.1. The predicted molar refractivity (Wildman–Crippen MR) is 114 cm³/mol. The van der Waals surface area contributed by atoms with Gasteiger partial charge in [0, 0.05) is 0 Å². The molecule has 4 unspecified atom stereocenters. The van der Waals surface area contributed by atoms with Gasteiger partial charge in [-0.2, -0.15) is 0 Å². The predicted octanol–water partition coefficient (Wildman–Crippen LogP) is -0.914. The van der Waals surface area contributed by atoms with Crippen molar-refractivity contribution in [1.82, 2.24) is 16.0 Å². The maximum Gasteiger partial charge on any atom is 0.326 e. The van der Waals surface area contributed by atoms with Crippen LogP contribution in [0.1, 0.15) is 54.4 Å². The third-order valence-electron chi connectivity index (χ3n) is 4.58. The van der Waals surface area contributed by atoms with Crippen LogP contribution in [0.25, 0.3) is 0 Å². The second kappa shape index (κ2) is 12.9. The number of amides is 4. The Bertz CT molecular complexity index is 664. The number of hydrogen-bond donors (Lipinski definition) is 6. The molecule has 0 saturated carbocycles. The van der Waals surface area contributed by atoms with Crippen molar-refractivity contribution in [2.75, 3.05) is 0 Å². The summed E-state index contributed by atoms with van der Waals surface area (Å²) in [4.78, 5) is 60.5. The molecule has 4 amide bonds. The van der Waals surface area contributed by atoms with Gasteiger partial charge in [0.2, 0.25) is 23.6 Å². The molecule has 0 fully saturated rings. The van der Waals surface area contributed by atoms with Crippen LogP contribution in [-0.4, -0.2) is 58.9 Å². The summed E-state index contributed by atoms with van der Waals surface area (Å²) >= 11 is 0. The van der Waals surface area contributed by atoms with Gasteiger partial charge in [0.1, 0.15) is 18.1 Å². The number of nitrogens with one attached hydrogen (secondary N) is 3. The Morgan fingerprint density at radius 3 is 1.65 bits per heavy atom. The zero-order valence-corrected chi connectivity index (χ0v) is 19.1. The normalized spacial score (nSPS) is 15.2. The van der Waals surface area contributed by atoms with E-state index in [1.54, 1.807) is 27.7 Å². The number of carboxylic acid groups (broad SMARTS) is 1. The first kappa shape index (κ1) is 28.3. The summed E-state index contributed by atoms with van der Waals surface area (Å²) in [7, 11) is 0. The molecule has 0 rings (SSSR count). The molecule has 0 aromatic heterocycles. The lowest BCUT2D eigenvalue weighted by molar-refractivity contribution is -0.144. The fourth-order valence-corrected chi connectivity index (χ4v) is 2.85. The van der Waals surface area contributed by atoms with Crippen molar-refractivity contribution in [3.63, 3.8) is 0 Å². The standard InChI is InChI=1S/C20H37N5O6/c1-9(2)7-12(21)17(27)23-13(8-14(22)26)18(28)24-15(10(3)4)19(29)25-16(11(5)6)20(30)31/h9-13,15-16H,7-8,21H2,1-6H3,(H2,22,26)(H,23,27)(H,24,28)(H,25,29)(H,30,31). The van der Waals surface area contributed by atoms with Gasteiger partial charge in [0.15, 0.2) is 0 Å². The highest BCUT2D eigenvalue weighted by molar-refractivity contribution is 5.96. The summed E-state index contributed by atoms with van der Waals surface area (Å²) in [5, 5.41) is 16.6. The van der Waals surface area contributed by atoms with Gasteiger partial charge in [-0.05, 0) is 24.2 Å². The number of hydrogen-bond acceptors (Lipinski definition) is 6. The van der Waals surface area contributed by atoms with Crippen LogP contribution in [0.5, 0.6) is 0 Å². The van der Waals surface area contributed by atoms with Gasteiger partial charge in [-0.3, -0.25) is 19.2 Å². The van der Waals surface area contributed by atoms with Gasteiger partial charge >= 0.3 is 5.97 Å². The minimum atomic E-state index is -1.32. The van der Waals surface area contributed by atoms with Crippen molar-refractivity contribution >= 4 is 29.6 Å². The SMILES string of the molecule is CC(C)CC(N)C(=O)NC(CC(N)=O)C(=O)NC(C(=O)NC(C(=O)O)C(C)C)C(C)C. The summed E-state index contributed by atoms with van der Waals surface area (Å²) in [6, 6.07) is -4.43. The highest BCUT2D eigenvalue weighted by atomic mass is 16.4. The Morgan fingerprint density at radius 1 is 0.774 bits per heavy atom. The van der Waals surface area contributed by atoms with E-state index in [1.165, 1.54) is 0 Å². The Kier molecular flexibility index (Phi) is 11.8. The van der Waals surface area contributed by atoms with Crippen LogP contribution in [0.4, 0.5) is 0 Å². The van der Waals surface area contributed by atoms with Crippen molar-refractivity contribution in [1.29, 1.82) is 0 Å². The molecule has 0 aromatic rings. The molecular weight excluding hydrogens is 406 g/mol. The van der Waals surface area contributed by atoms with Crippen LogP contribution in [-0.2, 0) is 24.0 Å². The van der Waals surface area contributed by atoms with E-state index >= 15 is 0 Å². The Balaban J connectivity index is 5.43. The average molecular weight is 444 g/mol. The summed E-state index contributed by atoms with van der Waals surface area (Å²) in [5.74, 6) is -4.77. The van der Waals surface area contributed by atoms with Crippen molar-refractivity contribution < 1.29 is 29.1 Å². The fraction of sp³-hybridized carbons (Fsp3) is 0.750. The maximum atomic E-state index is 12.8. The Labute approximate surface area is 183 Å². The molecule has 178 valence electrons. The molecule has 0 aliphatic carbocycles. The third kappa shape index (κ3) is 10.3. The van der Waals surface area contributed by atoms with E-state index in [0.29, 0.717) is 6.42 Å².